The Morgan fingerprint density at radius 1 is 1.22 bits per heavy atom. The van der Waals surface area contributed by atoms with Gasteiger partial charge in [0.05, 0.1) is 22.1 Å². The lowest BCUT2D eigenvalue weighted by Crippen LogP contribution is -2.43. The highest BCUT2D eigenvalue weighted by Crippen LogP contribution is 2.45. The summed E-state index contributed by atoms with van der Waals surface area (Å²) < 4.78 is 65.8. The number of amides is 1. The summed E-state index contributed by atoms with van der Waals surface area (Å²) in [4.78, 5) is 20.1. The molecule has 0 bridgehead atoms. The predicted octanol–water partition coefficient (Wildman–Crippen LogP) is 4.71. The van der Waals surface area contributed by atoms with Crippen LogP contribution in [0.25, 0.3) is 21.3 Å². The Kier molecular flexibility index (Phi) is 7.70. The van der Waals surface area contributed by atoms with Gasteiger partial charge in [-0.1, -0.05) is 13.8 Å². The van der Waals surface area contributed by atoms with Crippen molar-refractivity contribution < 1.29 is 36.3 Å². The Morgan fingerprint density at radius 3 is 2.56 bits per heavy atom. The van der Waals surface area contributed by atoms with Crippen LogP contribution in [0.15, 0.2) is 21.4 Å². The number of piperidine rings is 1. The standard InChI is InChI=1S/C27H32F2N4O6S2/c1-15(2)14-41(36,37)18-8-7-17(20-16(18)6-5-13-38-20)21-19(24(34)33-11-9-27(28,29)10-12-33)30-23(40-21)22-31-32-25(39-22)26(3,4)35/h7-8,15,35H,5-6,9-14H2,1-4H3. The third-order valence-corrected chi connectivity index (χ3v) is 10.1. The van der Waals surface area contributed by atoms with Gasteiger partial charge in [-0.3, -0.25) is 4.79 Å². The van der Waals surface area contributed by atoms with Crippen LogP contribution in [0.1, 0.15) is 68.9 Å². The van der Waals surface area contributed by atoms with Crippen LogP contribution >= 0.6 is 11.3 Å². The largest absolute Gasteiger partial charge is 0.493 e. The van der Waals surface area contributed by atoms with Crippen molar-refractivity contribution >= 4 is 27.1 Å². The Bertz CT molecular complexity index is 1570. The van der Waals surface area contributed by atoms with Crippen molar-refractivity contribution in [2.75, 3.05) is 25.4 Å². The van der Waals surface area contributed by atoms with Crippen molar-refractivity contribution in [2.24, 2.45) is 5.92 Å². The van der Waals surface area contributed by atoms with Crippen LogP contribution in [0.3, 0.4) is 0 Å². The number of aromatic nitrogens is 3. The van der Waals surface area contributed by atoms with E-state index in [1.807, 2.05) is 13.8 Å². The SMILES string of the molecule is CC(C)CS(=O)(=O)c1ccc(-c2sc(-c3nnc(C(C)(C)O)o3)nc2C(=O)N2CCC(F)(F)CC2)c2c1CCCO2. The minimum atomic E-state index is -3.60. The average Bonchev–Trinajstić information content (AvgIpc) is 3.55. The molecule has 1 saturated heterocycles. The van der Waals surface area contributed by atoms with Gasteiger partial charge in [0, 0.05) is 37.1 Å². The molecule has 0 radical (unpaired) electrons. The molecular formula is C27H32F2N4O6S2. The number of halogens is 2. The first-order chi connectivity index (χ1) is 19.2. The number of thiazole rings is 1. The van der Waals surface area contributed by atoms with Crippen LogP contribution in [-0.4, -0.2) is 70.9 Å². The van der Waals surface area contributed by atoms with Crippen LogP contribution in [0, 0.1) is 5.92 Å². The van der Waals surface area contributed by atoms with Crippen LogP contribution < -0.4 is 4.74 Å². The van der Waals surface area contributed by atoms with E-state index < -0.39 is 40.1 Å². The van der Waals surface area contributed by atoms with E-state index in [9.17, 15) is 27.1 Å². The number of alkyl halides is 2. The number of sulfone groups is 1. The molecule has 2 aliphatic heterocycles. The normalized spacial score (nSPS) is 17.4. The summed E-state index contributed by atoms with van der Waals surface area (Å²) in [7, 11) is -3.60. The van der Waals surface area contributed by atoms with Gasteiger partial charge >= 0.3 is 0 Å². The van der Waals surface area contributed by atoms with E-state index in [2.05, 4.69) is 15.2 Å². The number of nitrogens with zero attached hydrogens (tertiary/aromatic N) is 4. The molecular weight excluding hydrogens is 578 g/mol. The van der Waals surface area contributed by atoms with E-state index in [0.717, 1.165) is 11.3 Å². The lowest BCUT2D eigenvalue weighted by atomic mass is 10.00. The second-order valence-electron chi connectivity index (χ2n) is 11.4. The summed E-state index contributed by atoms with van der Waals surface area (Å²) in [6.45, 7) is 6.73. The minimum absolute atomic E-state index is 0.00705. The maximum absolute atomic E-state index is 13.8. The lowest BCUT2D eigenvalue weighted by Gasteiger charge is -2.31. The number of aliphatic hydroxyl groups is 1. The first kappa shape index (κ1) is 29.5. The maximum Gasteiger partial charge on any atom is 0.276 e. The molecule has 4 heterocycles. The molecule has 0 aliphatic carbocycles. The summed E-state index contributed by atoms with van der Waals surface area (Å²) in [5, 5.41) is 18.3. The molecule has 0 unspecified atom stereocenters. The number of hydrogen-bond donors (Lipinski definition) is 1. The molecule has 14 heteroatoms. The summed E-state index contributed by atoms with van der Waals surface area (Å²) in [6, 6.07) is 3.14. The molecule has 1 amide bonds. The average molecular weight is 611 g/mol. The third-order valence-electron chi connectivity index (χ3n) is 6.91. The van der Waals surface area contributed by atoms with Gasteiger partial charge in [0.25, 0.3) is 17.7 Å². The lowest BCUT2D eigenvalue weighted by molar-refractivity contribution is -0.0494. The molecule has 10 nitrogen and oxygen atoms in total. The Labute approximate surface area is 240 Å². The molecule has 1 fully saturated rings. The fraction of sp³-hybridized carbons (Fsp3) is 0.556. The smallest absolute Gasteiger partial charge is 0.276 e. The fourth-order valence-electron chi connectivity index (χ4n) is 4.92. The first-order valence-electron chi connectivity index (χ1n) is 13.4. The van der Waals surface area contributed by atoms with Gasteiger partial charge in [-0.25, -0.2) is 22.2 Å². The molecule has 222 valence electrons. The van der Waals surface area contributed by atoms with Gasteiger partial charge in [-0.05, 0) is 44.7 Å². The highest BCUT2D eigenvalue weighted by Gasteiger charge is 2.38. The summed E-state index contributed by atoms with van der Waals surface area (Å²) in [6.07, 6.45) is 0.198. The van der Waals surface area contributed by atoms with Crippen molar-refractivity contribution in [1.29, 1.82) is 0 Å². The van der Waals surface area contributed by atoms with Gasteiger partial charge in [0.1, 0.15) is 17.0 Å². The van der Waals surface area contributed by atoms with Crippen LogP contribution in [0.5, 0.6) is 5.75 Å². The number of benzene rings is 1. The summed E-state index contributed by atoms with van der Waals surface area (Å²) >= 11 is 1.06. The van der Waals surface area contributed by atoms with Crippen molar-refractivity contribution in [2.45, 2.75) is 69.8 Å². The highest BCUT2D eigenvalue weighted by molar-refractivity contribution is 7.91. The number of fused-ring (bicyclic) bond motifs is 1. The van der Waals surface area contributed by atoms with Gasteiger partial charge in [0.15, 0.2) is 14.8 Å². The summed E-state index contributed by atoms with van der Waals surface area (Å²) in [5.74, 6) is -3.19. The molecule has 2 aromatic heterocycles. The number of likely N-dealkylation sites (tertiary alicyclic amines) is 1. The number of carbonyl (C=O) groups excluding carboxylic acids is 1. The second-order valence-corrected chi connectivity index (χ2v) is 14.4. The van der Waals surface area contributed by atoms with Crippen molar-refractivity contribution in [3.8, 4) is 27.1 Å². The molecule has 5 rings (SSSR count). The van der Waals surface area contributed by atoms with E-state index in [-0.39, 0.29) is 52.1 Å². The highest BCUT2D eigenvalue weighted by atomic mass is 32.2. The van der Waals surface area contributed by atoms with Crippen molar-refractivity contribution in [3.05, 3.63) is 29.3 Å². The second kappa shape index (κ2) is 10.7. The zero-order valence-corrected chi connectivity index (χ0v) is 24.9. The monoisotopic (exact) mass is 610 g/mol. The molecule has 0 spiro atoms. The Balaban J connectivity index is 1.64. The quantitative estimate of drug-likeness (QED) is 0.403. The molecule has 2 aliphatic rings. The number of carbonyl (C=O) groups is 1. The zero-order chi connectivity index (χ0) is 29.7. The predicted molar refractivity (Wildman–Crippen MR) is 147 cm³/mol. The first-order valence-corrected chi connectivity index (χ1v) is 15.9. The van der Waals surface area contributed by atoms with E-state index in [0.29, 0.717) is 41.2 Å². The number of hydrogen-bond acceptors (Lipinski definition) is 10. The van der Waals surface area contributed by atoms with Crippen LogP contribution in [0.2, 0.25) is 0 Å². The minimum Gasteiger partial charge on any atom is -0.493 e. The van der Waals surface area contributed by atoms with Gasteiger partial charge in [-0.2, -0.15) is 0 Å². The van der Waals surface area contributed by atoms with E-state index in [1.54, 1.807) is 6.07 Å². The molecule has 1 N–H and O–H groups in total. The van der Waals surface area contributed by atoms with Crippen molar-refractivity contribution in [3.63, 3.8) is 0 Å². The van der Waals surface area contributed by atoms with Crippen molar-refractivity contribution in [1.82, 2.24) is 20.1 Å². The summed E-state index contributed by atoms with van der Waals surface area (Å²) in [5.41, 5.74) is -0.400. The number of rotatable bonds is 7. The van der Waals surface area contributed by atoms with Gasteiger partial charge in [-0.15, -0.1) is 21.5 Å². The fourth-order valence-corrected chi connectivity index (χ4v) is 7.82. The Hall–Kier alpha value is -2.97. The number of ether oxygens (including phenoxy) is 1. The van der Waals surface area contributed by atoms with Gasteiger partial charge < -0.3 is 19.2 Å². The Morgan fingerprint density at radius 2 is 1.93 bits per heavy atom. The molecule has 1 aromatic carbocycles. The topological polar surface area (TPSA) is 136 Å². The van der Waals surface area contributed by atoms with Crippen LogP contribution in [-0.2, 0) is 21.9 Å². The van der Waals surface area contributed by atoms with E-state index in [1.165, 1.54) is 24.8 Å². The molecule has 41 heavy (non-hydrogen) atoms. The molecule has 3 aromatic rings. The van der Waals surface area contributed by atoms with E-state index >= 15 is 0 Å². The van der Waals surface area contributed by atoms with Gasteiger partial charge in [0.2, 0.25) is 5.89 Å². The van der Waals surface area contributed by atoms with Crippen LogP contribution in [0.4, 0.5) is 8.78 Å². The zero-order valence-electron chi connectivity index (χ0n) is 23.2. The van der Waals surface area contributed by atoms with E-state index in [4.69, 9.17) is 9.15 Å². The molecule has 0 saturated carbocycles. The maximum atomic E-state index is 13.8. The third kappa shape index (κ3) is 6.00. The molecule has 0 atom stereocenters.